The number of benzene rings is 2. The second-order valence-electron chi connectivity index (χ2n) is 7.72. The molecule has 0 saturated heterocycles. The highest BCUT2D eigenvalue weighted by molar-refractivity contribution is 6.23. The molecule has 2 amide bonds. The molecule has 2 aromatic rings. The first-order chi connectivity index (χ1) is 12.5. The van der Waals surface area contributed by atoms with Gasteiger partial charge in [-0.15, -0.1) is 17.4 Å². The van der Waals surface area contributed by atoms with Crippen LogP contribution >= 0.6 is 24.2 Å². The molecule has 0 aliphatic heterocycles. The predicted octanol–water partition coefficient (Wildman–Crippen LogP) is 1.41. The Hall–Kier alpha value is -1.85. The number of hydrogen-bond donors (Lipinski definition) is 1. The first-order valence-electron chi connectivity index (χ1n) is 8.77. The summed E-state index contributed by atoms with van der Waals surface area (Å²) in [5.74, 6) is -0.685. The maximum Gasteiger partial charge on any atom is 0.370 e. The second-order valence-corrected chi connectivity index (χ2v) is 8.05. The predicted molar refractivity (Wildman–Crippen MR) is 117 cm³/mol. The van der Waals surface area contributed by atoms with E-state index < -0.39 is 11.4 Å². The minimum atomic E-state index is -0.621. The van der Waals surface area contributed by atoms with Gasteiger partial charge in [-0.3, -0.25) is 4.79 Å². The Balaban J connectivity index is 0.00000392. The second kappa shape index (κ2) is 10.8. The molecular formula is C22H27Cl3N2O2. The number of halogens is 3. The monoisotopic (exact) mass is 456 g/mol. The van der Waals surface area contributed by atoms with Crippen LogP contribution in [0.15, 0.2) is 49.0 Å². The molecule has 7 heteroatoms. The van der Waals surface area contributed by atoms with Crippen molar-refractivity contribution in [1.82, 2.24) is 4.53 Å². The topological polar surface area (TPSA) is 41.8 Å². The van der Waals surface area contributed by atoms with Crippen LogP contribution in [0, 0.1) is 13.8 Å². The van der Waals surface area contributed by atoms with Crippen molar-refractivity contribution in [2.75, 3.05) is 0 Å². The highest BCUT2D eigenvalue weighted by atomic mass is 35.5. The van der Waals surface area contributed by atoms with Crippen molar-refractivity contribution in [1.29, 1.82) is 0 Å². The summed E-state index contributed by atoms with van der Waals surface area (Å²) in [6, 6.07) is 12.6. The summed E-state index contributed by atoms with van der Waals surface area (Å²) in [4.78, 5) is 26.1. The van der Waals surface area contributed by atoms with Gasteiger partial charge in [0.2, 0.25) is 0 Å². The van der Waals surface area contributed by atoms with Gasteiger partial charge in [0.15, 0.2) is 0 Å². The van der Waals surface area contributed by atoms with E-state index in [1.807, 2.05) is 52.8 Å². The number of carbonyl (C=O) groups is 2. The zero-order chi connectivity index (χ0) is 20.4. The van der Waals surface area contributed by atoms with Gasteiger partial charge >= 0.3 is 11.8 Å². The van der Waals surface area contributed by atoms with Crippen LogP contribution in [0.1, 0.15) is 58.2 Å². The number of nitrogens with one attached hydrogen (secondary N) is 1. The first kappa shape index (κ1) is 27.2. The highest BCUT2D eigenvalue weighted by Crippen LogP contribution is 2.13. The molecule has 0 saturated carbocycles. The third kappa shape index (κ3) is 6.58. The molecule has 0 aromatic heterocycles. The molecule has 0 aliphatic carbocycles. The van der Waals surface area contributed by atoms with Crippen molar-refractivity contribution in [2.24, 2.45) is 0 Å². The highest BCUT2D eigenvalue weighted by Gasteiger charge is 2.41. The summed E-state index contributed by atoms with van der Waals surface area (Å²) in [6.45, 7) is 13.1. The quantitative estimate of drug-likeness (QED) is 0.559. The Morgan fingerprint density at radius 3 is 1.90 bits per heavy atom. The molecular weight excluding hydrogens is 431 g/mol. The number of hydrogen-bond acceptors (Lipinski definition) is 2. The fourth-order valence-corrected chi connectivity index (χ4v) is 3.37. The molecule has 1 N–H and O–H groups in total. The van der Waals surface area contributed by atoms with Crippen LogP contribution in [0.4, 0.5) is 0 Å². The Kier molecular flexibility index (Phi) is 10.1. The first-order valence-corrected chi connectivity index (χ1v) is 9.11. The molecule has 0 aliphatic rings. The van der Waals surface area contributed by atoms with Crippen molar-refractivity contribution >= 4 is 42.1 Å². The Labute approximate surface area is 190 Å². The van der Waals surface area contributed by atoms with Crippen LogP contribution in [-0.4, -0.2) is 21.9 Å². The largest absolute Gasteiger partial charge is 1.00 e. The molecule has 4 nitrogen and oxygen atoms in total. The molecule has 2 aromatic carbocycles. The number of aryl methyl sites for hydroxylation is 2. The smallest absolute Gasteiger partial charge is 0.370 e. The number of nitrogens with zero attached hydrogens (tertiary/aromatic N) is 1. The van der Waals surface area contributed by atoms with Crippen molar-refractivity contribution in [2.45, 2.75) is 40.2 Å². The lowest BCUT2D eigenvalue weighted by Gasteiger charge is -2.33. The molecule has 0 heterocycles. The van der Waals surface area contributed by atoms with E-state index in [-0.39, 0.29) is 35.7 Å². The van der Waals surface area contributed by atoms with Gasteiger partial charge in [0.25, 0.3) is 0 Å². The fourth-order valence-electron chi connectivity index (χ4n) is 2.94. The average Bonchev–Trinajstić information content (AvgIpc) is 2.59. The van der Waals surface area contributed by atoms with Crippen LogP contribution in [0.25, 0.3) is 6.08 Å². The molecule has 0 bridgehead atoms. The van der Waals surface area contributed by atoms with Gasteiger partial charge in [0, 0.05) is 5.56 Å². The molecule has 0 spiro atoms. The van der Waals surface area contributed by atoms with Gasteiger partial charge in [-0.1, -0.05) is 46.5 Å². The number of carbonyl (C=O) groups excluding carboxylic acids is 2. The van der Waals surface area contributed by atoms with E-state index in [1.54, 1.807) is 30.3 Å². The Bertz CT molecular complexity index is 854. The van der Waals surface area contributed by atoms with E-state index in [0.717, 1.165) is 21.2 Å². The van der Waals surface area contributed by atoms with Gasteiger partial charge in [0.1, 0.15) is 5.54 Å². The van der Waals surface area contributed by atoms with E-state index in [2.05, 4.69) is 6.58 Å². The molecule has 1 unspecified atom stereocenters. The lowest BCUT2D eigenvalue weighted by atomic mass is 10.0. The third-order valence-electron chi connectivity index (χ3n) is 4.18. The fraction of sp³-hybridized carbons (Fsp3) is 0.273. The maximum absolute atomic E-state index is 13.2. The van der Waals surface area contributed by atoms with Crippen LogP contribution in [0.2, 0.25) is 0 Å². The lowest BCUT2D eigenvalue weighted by molar-refractivity contribution is -0.951. The molecule has 0 fully saturated rings. The van der Waals surface area contributed by atoms with E-state index in [9.17, 15) is 9.59 Å². The van der Waals surface area contributed by atoms with Crippen LogP contribution in [-0.2, 0) is 0 Å². The zero-order valence-electron chi connectivity index (χ0n) is 17.3. The van der Waals surface area contributed by atoms with Gasteiger partial charge in [-0.05, 0) is 64.4 Å². The average molecular weight is 458 g/mol. The van der Waals surface area contributed by atoms with Crippen LogP contribution < -0.4 is 17.4 Å². The molecule has 29 heavy (non-hydrogen) atoms. The van der Waals surface area contributed by atoms with Crippen molar-refractivity contribution < 1.29 is 27.0 Å². The maximum atomic E-state index is 13.2. The standard InChI is InChI=1S/C22H25ClN2O2.2ClH/c1-7-17-8-10-18(11-9-17)20(26)24(22(4,5)6)25(23)21(27)19-13-15(2)12-16(3)14-19;;/h7-14H,1H2,2-6H3;2*1H. The van der Waals surface area contributed by atoms with Gasteiger partial charge < -0.3 is 12.4 Å². The summed E-state index contributed by atoms with van der Waals surface area (Å²) in [5.41, 5.74) is 3.16. The van der Waals surface area contributed by atoms with E-state index in [0.29, 0.717) is 11.1 Å². The van der Waals surface area contributed by atoms with Gasteiger partial charge in [-0.2, -0.15) is 0 Å². The normalized spacial score (nSPS) is 11.5. The van der Waals surface area contributed by atoms with E-state index in [4.69, 9.17) is 11.8 Å². The Morgan fingerprint density at radius 1 is 1.00 bits per heavy atom. The summed E-state index contributed by atoms with van der Waals surface area (Å²) >= 11 is 6.43. The number of rotatable bonds is 3. The van der Waals surface area contributed by atoms with Gasteiger partial charge in [-0.25, -0.2) is 4.79 Å². The molecule has 158 valence electrons. The summed E-state index contributed by atoms with van der Waals surface area (Å²) in [6.07, 6.45) is 1.71. The SMILES string of the molecule is C=Cc1ccc(C(=O)[NH+](N(Cl)C(=O)c2cc(C)cc(C)c2)C(C)(C)C)cc1.Cl.[Cl-]. The lowest BCUT2D eigenvalue weighted by Crippen LogP contribution is -3.25. The van der Waals surface area contributed by atoms with E-state index in [1.165, 1.54) is 0 Å². The Morgan fingerprint density at radius 2 is 1.48 bits per heavy atom. The summed E-state index contributed by atoms with van der Waals surface area (Å²) in [7, 11) is 0. The number of amides is 2. The molecule has 1 atom stereocenters. The minimum absolute atomic E-state index is 0. The molecule has 2 rings (SSSR count). The molecule has 0 radical (unpaired) electrons. The number of quaternary nitrogens is 1. The third-order valence-corrected chi connectivity index (χ3v) is 4.50. The van der Waals surface area contributed by atoms with Crippen LogP contribution in [0.3, 0.4) is 0 Å². The summed E-state index contributed by atoms with van der Waals surface area (Å²) < 4.78 is 0.970. The minimum Gasteiger partial charge on any atom is -1.00 e. The summed E-state index contributed by atoms with van der Waals surface area (Å²) in [5, 5.41) is 0.236. The van der Waals surface area contributed by atoms with Crippen molar-refractivity contribution in [3.63, 3.8) is 0 Å². The van der Waals surface area contributed by atoms with Crippen molar-refractivity contribution in [3.05, 3.63) is 76.9 Å². The zero-order valence-corrected chi connectivity index (χ0v) is 19.6. The van der Waals surface area contributed by atoms with E-state index >= 15 is 0 Å². The van der Waals surface area contributed by atoms with Gasteiger partial charge in [0.05, 0.1) is 17.3 Å². The van der Waals surface area contributed by atoms with Crippen LogP contribution in [0.5, 0.6) is 0 Å². The van der Waals surface area contributed by atoms with Crippen molar-refractivity contribution in [3.8, 4) is 0 Å².